The van der Waals surface area contributed by atoms with Gasteiger partial charge in [0.1, 0.15) is 11.5 Å². The van der Waals surface area contributed by atoms with Gasteiger partial charge in [-0.15, -0.1) is 23.1 Å². The molecule has 3 aromatic rings. The average Bonchev–Trinajstić information content (AvgIpc) is 2.97. The minimum absolute atomic E-state index is 0.769. The number of rotatable bonds is 5. The first-order valence-corrected chi connectivity index (χ1v) is 9.47. The topological polar surface area (TPSA) is 44.5 Å². The van der Waals surface area contributed by atoms with Crippen LogP contribution in [-0.2, 0) is 0 Å². The zero-order valence-corrected chi connectivity index (χ0v) is 15.5. The number of hydrogen-bond donors (Lipinski definition) is 1. The summed E-state index contributed by atoms with van der Waals surface area (Å²) in [6, 6.07) is 16.1. The normalized spacial score (nSPS) is 10.6. The van der Waals surface area contributed by atoms with Crippen molar-refractivity contribution in [1.29, 1.82) is 0 Å². The van der Waals surface area contributed by atoms with Gasteiger partial charge in [-0.1, -0.05) is 30.3 Å². The maximum atomic E-state index is 6.37. The molecule has 0 saturated heterocycles. The van der Waals surface area contributed by atoms with Crippen LogP contribution in [0.2, 0.25) is 0 Å². The van der Waals surface area contributed by atoms with Gasteiger partial charge in [0.2, 0.25) is 0 Å². The van der Waals surface area contributed by atoms with Crippen molar-refractivity contribution in [3.05, 3.63) is 48.5 Å². The summed E-state index contributed by atoms with van der Waals surface area (Å²) >= 11 is 3.31. The average molecular weight is 358 g/mol. The quantitative estimate of drug-likeness (QED) is 0.621. The molecule has 0 unspecified atom stereocenters. The minimum atomic E-state index is 0.769. The van der Waals surface area contributed by atoms with Gasteiger partial charge in [0.25, 0.3) is 0 Å². The van der Waals surface area contributed by atoms with Crippen molar-refractivity contribution in [2.24, 2.45) is 0 Å². The fourth-order valence-electron chi connectivity index (χ4n) is 2.71. The highest BCUT2D eigenvalue weighted by molar-refractivity contribution is 8.00. The molecule has 0 radical (unpaired) electrons. The molecule has 2 aromatic carbocycles. The molecule has 0 amide bonds. The molecule has 5 heteroatoms. The molecular formula is C19H19NO2S2. The number of thioether (sulfide) groups is 1. The Hall–Kier alpha value is -2.11. The Morgan fingerprint density at radius 3 is 2.33 bits per heavy atom. The number of ether oxygens (including phenoxy) is 2. The molecule has 24 heavy (non-hydrogen) atoms. The molecule has 0 spiro atoms. The van der Waals surface area contributed by atoms with Crippen LogP contribution >= 0.6 is 23.1 Å². The van der Waals surface area contributed by atoms with Crippen molar-refractivity contribution in [3.8, 4) is 33.8 Å². The van der Waals surface area contributed by atoms with Gasteiger partial charge >= 0.3 is 0 Å². The van der Waals surface area contributed by atoms with Gasteiger partial charge in [0.05, 0.1) is 23.4 Å². The van der Waals surface area contributed by atoms with E-state index < -0.39 is 0 Å². The highest BCUT2D eigenvalue weighted by atomic mass is 32.2. The van der Waals surface area contributed by atoms with Crippen LogP contribution in [-0.4, -0.2) is 20.5 Å². The third-order valence-electron chi connectivity index (χ3n) is 3.83. The molecule has 0 aliphatic heterocycles. The van der Waals surface area contributed by atoms with Crippen LogP contribution in [0.1, 0.15) is 0 Å². The summed E-state index contributed by atoms with van der Waals surface area (Å²) < 4.78 is 12.1. The lowest BCUT2D eigenvalue weighted by Gasteiger charge is -2.13. The number of anilines is 1. The van der Waals surface area contributed by atoms with Crippen LogP contribution in [0.4, 0.5) is 5.00 Å². The van der Waals surface area contributed by atoms with E-state index >= 15 is 0 Å². The first kappa shape index (κ1) is 16.7. The standard InChI is InChI=1S/C19H19NO2S2/c1-21-13-9-10-14(15(11-13)22-2)17-16(12-7-5-4-6-8-12)18(20)24-19(17)23-3/h4-11H,20H2,1-3H3. The Kier molecular flexibility index (Phi) is 5.02. The lowest BCUT2D eigenvalue weighted by atomic mass is 9.97. The lowest BCUT2D eigenvalue weighted by molar-refractivity contribution is 0.395. The molecular weight excluding hydrogens is 338 g/mol. The third kappa shape index (κ3) is 2.97. The molecule has 1 aromatic heterocycles. The zero-order chi connectivity index (χ0) is 17.1. The van der Waals surface area contributed by atoms with Crippen LogP contribution in [0.15, 0.2) is 52.7 Å². The second-order valence-electron chi connectivity index (χ2n) is 5.14. The second kappa shape index (κ2) is 7.20. The molecule has 3 nitrogen and oxygen atoms in total. The summed E-state index contributed by atoms with van der Waals surface area (Å²) in [5.74, 6) is 1.55. The first-order chi connectivity index (χ1) is 11.7. The summed E-state index contributed by atoms with van der Waals surface area (Å²) in [6.07, 6.45) is 2.07. The SMILES string of the molecule is COc1ccc(-c2c(SC)sc(N)c2-c2ccccc2)c(OC)c1. The number of nitrogens with two attached hydrogens (primary N) is 1. The number of thiophene rings is 1. The summed E-state index contributed by atoms with van der Waals surface area (Å²) in [5, 5.41) is 0.818. The maximum absolute atomic E-state index is 6.37. The van der Waals surface area contributed by atoms with E-state index in [4.69, 9.17) is 15.2 Å². The van der Waals surface area contributed by atoms with Crippen molar-refractivity contribution < 1.29 is 9.47 Å². The summed E-state index contributed by atoms with van der Waals surface area (Å²) in [5.41, 5.74) is 10.7. The van der Waals surface area contributed by atoms with Crippen molar-refractivity contribution in [3.63, 3.8) is 0 Å². The number of hydrogen-bond acceptors (Lipinski definition) is 5. The van der Waals surface area contributed by atoms with Gasteiger partial charge in [-0.2, -0.15) is 0 Å². The van der Waals surface area contributed by atoms with Crippen LogP contribution in [0, 0.1) is 0 Å². The molecule has 0 aliphatic rings. The number of benzene rings is 2. The largest absolute Gasteiger partial charge is 0.497 e. The van der Waals surface area contributed by atoms with Crippen molar-refractivity contribution in [2.75, 3.05) is 26.2 Å². The number of methoxy groups -OCH3 is 2. The van der Waals surface area contributed by atoms with Crippen LogP contribution < -0.4 is 15.2 Å². The Bertz CT molecular complexity index is 844. The van der Waals surface area contributed by atoms with Gasteiger partial charge in [0, 0.05) is 22.8 Å². The summed E-state index contributed by atoms with van der Waals surface area (Å²) in [7, 11) is 3.33. The van der Waals surface area contributed by atoms with Gasteiger partial charge in [0.15, 0.2) is 0 Å². The van der Waals surface area contributed by atoms with Crippen LogP contribution in [0.25, 0.3) is 22.3 Å². The Morgan fingerprint density at radius 2 is 1.71 bits per heavy atom. The zero-order valence-electron chi connectivity index (χ0n) is 13.8. The molecule has 0 fully saturated rings. The Labute approximate surface area is 150 Å². The van der Waals surface area contributed by atoms with Crippen LogP contribution in [0.3, 0.4) is 0 Å². The van der Waals surface area contributed by atoms with Gasteiger partial charge in [-0.05, 0) is 24.0 Å². The fourth-order valence-corrected chi connectivity index (χ4v) is 4.57. The Balaban J connectivity index is 2.28. The van der Waals surface area contributed by atoms with E-state index in [1.54, 1.807) is 37.3 Å². The summed E-state index contributed by atoms with van der Waals surface area (Å²) in [6.45, 7) is 0. The van der Waals surface area contributed by atoms with Crippen LogP contribution in [0.5, 0.6) is 11.5 Å². The molecule has 1 heterocycles. The van der Waals surface area contributed by atoms with E-state index in [9.17, 15) is 0 Å². The van der Waals surface area contributed by atoms with E-state index in [1.165, 1.54) is 4.21 Å². The smallest absolute Gasteiger partial charge is 0.130 e. The van der Waals surface area contributed by atoms with Crippen molar-refractivity contribution in [1.82, 2.24) is 0 Å². The second-order valence-corrected chi connectivity index (χ2v) is 7.27. The van der Waals surface area contributed by atoms with Crippen molar-refractivity contribution >= 4 is 28.1 Å². The molecule has 0 atom stereocenters. The highest BCUT2D eigenvalue weighted by Crippen LogP contribution is 2.51. The Morgan fingerprint density at radius 1 is 0.958 bits per heavy atom. The molecule has 0 bridgehead atoms. The molecule has 0 aliphatic carbocycles. The van der Waals surface area contributed by atoms with Gasteiger partial charge in [-0.25, -0.2) is 0 Å². The molecule has 3 rings (SSSR count). The van der Waals surface area contributed by atoms with E-state index in [0.717, 1.165) is 38.8 Å². The summed E-state index contributed by atoms with van der Waals surface area (Å²) in [4.78, 5) is 0. The number of nitrogen functional groups attached to an aromatic ring is 1. The first-order valence-electron chi connectivity index (χ1n) is 7.43. The predicted octanol–water partition coefficient (Wildman–Crippen LogP) is 5.40. The van der Waals surface area contributed by atoms with Crippen molar-refractivity contribution in [2.45, 2.75) is 4.21 Å². The fraction of sp³-hybridized carbons (Fsp3) is 0.158. The van der Waals surface area contributed by atoms with E-state index in [-0.39, 0.29) is 0 Å². The minimum Gasteiger partial charge on any atom is -0.497 e. The predicted molar refractivity (Wildman–Crippen MR) is 104 cm³/mol. The third-order valence-corrected chi connectivity index (χ3v) is 5.97. The highest BCUT2D eigenvalue weighted by Gasteiger charge is 2.22. The van der Waals surface area contributed by atoms with Gasteiger partial charge < -0.3 is 15.2 Å². The van der Waals surface area contributed by atoms with E-state index in [2.05, 4.69) is 18.4 Å². The lowest BCUT2D eigenvalue weighted by Crippen LogP contribution is -1.92. The van der Waals surface area contributed by atoms with Gasteiger partial charge in [-0.3, -0.25) is 0 Å². The maximum Gasteiger partial charge on any atom is 0.130 e. The van der Waals surface area contributed by atoms with E-state index in [0.29, 0.717) is 0 Å². The monoisotopic (exact) mass is 357 g/mol. The van der Waals surface area contributed by atoms with E-state index in [1.807, 2.05) is 36.4 Å². The molecule has 0 saturated carbocycles. The molecule has 124 valence electrons. The molecule has 2 N–H and O–H groups in total.